The molecule has 1 aliphatic heterocycles. The molecule has 0 spiro atoms. The van der Waals surface area contributed by atoms with E-state index in [0.717, 1.165) is 39.1 Å². The number of rotatable bonds is 3. The van der Waals surface area contributed by atoms with Crippen molar-refractivity contribution in [1.29, 1.82) is 0 Å². The molecular weight excluding hydrogens is 850 g/mol. The number of fused-ring (bicyclic) bond motifs is 7. The van der Waals surface area contributed by atoms with Crippen LogP contribution in [0.2, 0.25) is 28.8 Å². The van der Waals surface area contributed by atoms with Gasteiger partial charge in [0.2, 0.25) is 0 Å². The van der Waals surface area contributed by atoms with E-state index < -0.39 is 26.5 Å². The Morgan fingerprint density at radius 2 is 1.44 bits per heavy atom. The molecule has 6 heteroatoms. The Balaban J connectivity index is 0.000000181. The van der Waals surface area contributed by atoms with E-state index in [-0.39, 0.29) is 20.1 Å². The smallest absolute Gasteiger partial charge is 0 e. The minimum absolute atomic E-state index is 0. The van der Waals surface area contributed by atoms with E-state index in [1.807, 2.05) is 60.9 Å². The second kappa shape index (κ2) is 12.5. The predicted octanol–water partition coefficient (Wildman–Crippen LogP) is 8.34. The van der Waals surface area contributed by atoms with Crippen molar-refractivity contribution in [1.82, 2.24) is 9.97 Å². The van der Waals surface area contributed by atoms with E-state index in [0.29, 0.717) is 0 Å². The van der Waals surface area contributed by atoms with Crippen LogP contribution < -0.4 is 13.2 Å². The van der Waals surface area contributed by atoms with Crippen LogP contribution in [0.3, 0.4) is 0 Å². The van der Waals surface area contributed by atoms with Crippen molar-refractivity contribution >= 4 is 61.7 Å². The minimum atomic E-state index is -2.29. The third-order valence-corrected chi connectivity index (χ3v) is 20.4. The molecule has 0 atom stereocenters. The molecule has 4 heterocycles. The maximum Gasteiger partial charge on any atom is 0 e. The number of aromatic nitrogens is 2. The first kappa shape index (κ1) is 31.7. The third-order valence-electron chi connectivity index (χ3n) is 8.68. The van der Waals surface area contributed by atoms with Crippen molar-refractivity contribution in [2.24, 2.45) is 0 Å². The topological polar surface area (TPSA) is 38.9 Å². The molecule has 0 amide bonds. The Labute approximate surface area is 284 Å². The molecule has 0 fully saturated rings. The minimum Gasteiger partial charge on any atom is 0 e. The van der Waals surface area contributed by atoms with Gasteiger partial charge in [0.15, 0.2) is 0 Å². The molecule has 45 heavy (non-hydrogen) atoms. The molecule has 0 N–H and O–H groups in total. The SMILES string of the molecule is [CH3][Ge]([CH3])([CH3])[c]1ccc(-c2[c-]cccc2)nc1.[CH3][Ge]1([CH3])[c]2ccccc2-c2[c]1ccc1c2oc2c(-c3ccccn3)[c-]ccc21.[Ir]. The Kier molecular flexibility index (Phi) is 8.79. The van der Waals surface area contributed by atoms with Gasteiger partial charge in [0.25, 0.3) is 0 Å². The van der Waals surface area contributed by atoms with Gasteiger partial charge in [-0.15, -0.1) is 0 Å². The van der Waals surface area contributed by atoms with Crippen LogP contribution in [-0.2, 0) is 20.1 Å². The quantitative estimate of drug-likeness (QED) is 0.133. The summed E-state index contributed by atoms with van der Waals surface area (Å²) in [6, 6.07) is 42.3. The summed E-state index contributed by atoms with van der Waals surface area (Å²) >= 11 is -4.01. The normalized spacial score (nSPS) is 13.0. The number of hydrogen-bond acceptors (Lipinski definition) is 3. The molecule has 0 saturated carbocycles. The zero-order chi connectivity index (χ0) is 30.5. The monoisotopic (exact) mass is 887 g/mol. The summed E-state index contributed by atoms with van der Waals surface area (Å²) in [6.45, 7) is 0. The van der Waals surface area contributed by atoms with Crippen LogP contribution in [0.5, 0.6) is 0 Å². The summed E-state index contributed by atoms with van der Waals surface area (Å²) in [4.78, 5) is 9.05. The summed E-state index contributed by atoms with van der Waals surface area (Å²) in [5.74, 6) is 12.1. The number of benzene rings is 4. The van der Waals surface area contributed by atoms with E-state index in [9.17, 15) is 0 Å². The molecule has 3 nitrogen and oxygen atoms in total. The van der Waals surface area contributed by atoms with Gasteiger partial charge < -0.3 is 0 Å². The van der Waals surface area contributed by atoms with Crippen LogP contribution in [0.4, 0.5) is 0 Å². The number of pyridine rings is 2. The van der Waals surface area contributed by atoms with E-state index in [1.165, 1.54) is 25.3 Å². The van der Waals surface area contributed by atoms with E-state index in [1.54, 1.807) is 4.40 Å². The zero-order valence-corrected chi connectivity index (χ0v) is 32.7. The largest absolute Gasteiger partial charge is 0 e. The molecule has 1 radical (unpaired) electrons. The van der Waals surface area contributed by atoms with Gasteiger partial charge in [0, 0.05) is 20.1 Å². The summed E-state index contributed by atoms with van der Waals surface area (Å²) in [7, 11) is 0. The fourth-order valence-corrected chi connectivity index (χ4v) is 14.8. The average Bonchev–Trinajstić information content (AvgIpc) is 3.54. The first-order valence-electron chi connectivity index (χ1n) is 15.1. The maximum absolute atomic E-state index is 6.59. The third kappa shape index (κ3) is 5.78. The Bertz CT molecular complexity index is 2120. The summed E-state index contributed by atoms with van der Waals surface area (Å²) in [5, 5.41) is 2.31. The van der Waals surface area contributed by atoms with Gasteiger partial charge in [-0.3, -0.25) is 0 Å². The van der Waals surface area contributed by atoms with Crippen molar-refractivity contribution in [2.45, 2.75) is 28.8 Å². The second-order valence-electron chi connectivity index (χ2n) is 12.9. The Hall–Kier alpha value is -3.28. The number of hydrogen-bond donors (Lipinski definition) is 0. The molecular formula is C39H34Ge2IrN2O-2. The molecule has 0 bridgehead atoms. The summed E-state index contributed by atoms with van der Waals surface area (Å²) in [5.41, 5.74) is 8.44. The number of furan rings is 1. The molecule has 7 aromatic rings. The first-order chi connectivity index (χ1) is 21.2. The van der Waals surface area contributed by atoms with Crippen LogP contribution in [0.25, 0.3) is 55.6 Å². The molecule has 0 saturated heterocycles. The van der Waals surface area contributed by atoms with E-state index >= 15 is 0 Å². The van der Waals surface area contributed by atoms with Crippen molar-refractivity contribution in [3.05, 3.63) is 128 Å². The molecule has 3 aromatic heterocycles. The summed E-state index contributed by atoms with van der Waals surface area (Å²) in [6.07, 6.45) is 3.85. The van der Waals surface area contributed by atoms with Gasteiger partial charge >= 0.3 is 266 Å². The first-order valence-corrected chi connectivity index (χ1v) is 28.7. The van der Waals surface area contributed by atoms with Gasteiger partial charge in [-0.25, -0.2) is 0 Å². The van der Waals surface area contributed by atoms with Gasteiger partial charge in [-0.05, 0) is 0 Å². The zero-order valence-electron chi connectivity index (χ0n) is 26.1. The fraction of sp³-hybridized carbons (Fsp3) is 0.128. The van der Waals surface area contributed by atoms with Gasteiger partial charge in [-0.1, -0.05) is 0 Å². The molecule has 0 aliphatic carbocycles. The van der Waals surface area contributed by atoms with Crippen LogP contribution in [0.1, 0.15) is 0 Å². The fourth-order valence-electron chi connectivity index (χ4n) is 6.24. The van der Waals surface area contributed by atoms with Crippen LogP contribution in [0.15, 0.2) is 120 Å². The van der Waals surface area contributed by atoms with Gasteiger partial charge in [-0.2, -0.15) is 0 Å². The van der Waals surface area contributed by atoms with Crippen molar-refractivity contribution in [2.75, 3.05) is 0 Å². The molecule has 225 valence electrons. The summed E-state index contributed by atoms with van der Waals surface area (Å²) < 4.78 is 11.1. The van der Waals surface area contributed by atoms with Crippen LogP contribution in [-0.4, -0.2) is 36.5 Å². The average molecular weight is 884 g/mol. The maximum atomic E-state index is 6.59. The van der Waals surface area contributed by atoms with Crippen LogP contribution in [0, 0.1) is 12.1 Å². The Morgan fingerprint density at radius 1 is 0.667 bits per heavy atom. The van der Waals surface area contributed by atoms with Crippen molar-refractivity contribution in [3.8, 4) is 33.6 Å². The molecule has 0 unspecified atom stereocenters. The van der Waals surface area contributed by atoms with E-state index in [2.05, 4.69) is 105 Å². The predicted molar refractivity (Wildman–Crippen MR) is 189 cm³/mol. The van der Waals surface area contributed by atoms with Gasteiger partial charge in [0.1, 0.15) is 0 Å². The van der Waals surface area contributed by atoms with Gasteiger partial charge in [0.05, 0.1) is 0 Å². The van der Waals surface area contributed by atoms with E-state index in [4.69, 9.17) is 4.42 Å². The van der Waals surface area contributed by atoms with Crippen LogP contribution >= 0.6 is 0 Å². The molecule has 1 aliphatic rings. The molecule has 4 aromatic carbocycles. The standard InChI is InChI=1S/C25H18GeNO.C14H16GeN.Ir/c1-26(2)20-11-4-3-8-18(20)23-21(26)14-13-17-16-9-7-10-19(24(16)28-25(17)23)22-12-5-6-15-27-22;1-15(2,3)13-9-10-14(16-11-13)12-7-5-4-6-8-12;/h3-9,11-15H,1-2H3;4-7,9-11H,1-3H3;/q2*-1;. The second-order valence-corrected chi connectivity index (χ2v) is 32.6. The molecule has 8 rings (SSSR count). The number of nitrogens with zero attached hydrogens (tertiary/aromatic N) is 2. The van der Waals surface area contributed by atoms with Crippen molar-refractivity contribution in [3.63, 3.8) is 0 Å². The van der Waals surface area contributed by atoms with Crippen molar-refractivity contribution < 1.29 is 24.5 Å². The Morgan fingerprint density at radius 3 is 2.16 bits per heavy atom.